The summed E-state index contributed by atoms with van der Waals surface area (Å²) in [6, 6.07) is 7.76. The van der Waals surface area contributed by atoms with Gasteiger partial charge in [0.25, 0.3) is 11.5 Å². The molecule has 0 radical (unpaired) electrons. The van der Waals surface area contributed by atoms with Crippen molar-refractivity contribution in [2.45, 2.75) is 38.8 Å². The van der Waals surface area contributed by atoms with Gasteiger partial charge in [-0.1, -0.05) is 18.2 Å². The quantitative estimate of drug-likeness (QED) is 0.706. The Morgan fingerprint density at radius 2 is 2.07 bits per heavy atom. The minimum absolute atomic E-state index is 0.0145. The van der Waals surface area contributed by atoms with Gasteiger partial charge in [-0.2, -0.15) is 0 Å². The highest BCUT2D eigenvalue weighted by Gasteiger charge is 2.28. The number of nitrogens with one attached hydrogen (secondary N) is 2. The largest absolute Gasteiger partial charge is 0.348 e. The molecule has 0 unspecified atom stereocenters. The molecular formula is C20H19FN4O3. The fourth-order valence-corrected chi connectivity index (χ4v) is 3.27. The summed E-state index contributed by atoms with van der Waals surface area (Å²) in [5, 5.41) is 2.73. The van der Waals surface area contributed by atoms with E-state index >= 15 is 0 Å². The van der Waals surface area contributed by atoms with Crippen molar-refractivity contribution in [1.29, 1.82) is 0 Å². The summed E-state index contributed by atoms with van der Waals surface area (Å²) < 4.78 is 15.2. The molecule has 0 spiro atoms. The number of nitrogens with zero attached hydrogens (tertiary/aromatic N) is 2. The molecule has 2 aromatic heterocycles. The molecule has 28 heavy (non-hydrogen) atoms. The Balaban J connectivity index is 1.81. The molecular weight excluding hydrogens is 363 g/mol. The van der Waals surface area contributed by atoms with Gasteiger partial charge in [-0.25, -0.2) is 14.2 Å². The number of pyridine rings is 1. The summed E-state index contributed by atoms with van der Waals surface area (Å²) in [5.74, 6) is -0.703. The number of hydrogen-bond donors (Lipinski definition) is 2. The van der Waals surface area contributed by atoms with Crippen LogP contribution in [0.5, 0.6) is 0 Å². The fourth-order valence-electron chi connectivity index (χ4n) is 3.27. The molecule has 7 nitrogen and oxygen atoms in total. The first-order valence-electron chi connectivity index (χ1n) is 9.19. The number of carbonyl (C=O) groups excluding carboxylic acids is 1. The van der Waals surface area contributed by atoms with Crippen LogP contribution in [0.2, 0.25) is 0 Å². The van der Waals surface area contributed by atoms with Crippen LogP contribution >= 0.6 is 0 Å². The normalized spacial score (nSPS) is 13.6. The van der Waals surface area contributed by atoms with E-state index in [-0.39, 0.29) is 29.1 Å². The molecule has 0 aliphatic heterocycles. The molecule has 1 aliphatic carbocycles. The van der Waals surface area contributed by atoms with Gasteiger partial charge in [0.15, 0.2) is 5.65 Å². The number of carbonyl (C=O) groups is 1. The van der Waals surface area contributed by atoms with Crippen LogP contribution in [-0.2, 0) is 13.1 Å². The van der Waals surface area contributed by atoms with Gasteiger partial charge >= 0.3 is 5.69 Å². The lowest BCUT2D eigenvalue weighted by molar-refractivity contribution is 0.0952. The lowest BCUT2D eigenvalue weighted by Crippen LogP contribution is -2.33. The van der Waals surface area contributed by atoms with Crippen LogP contribution < -0.4 is 16.6 Å². The predicted molar refractivity (Wildman–Crippen MR) is 102 cm³/mol. The third kappa shape index (κ3) is 3.21. The van der Waals surface area contributed by atoms with Gasteiger partial charge in [0.1, 0.15) is 5.82 Å². The molecule has 0 atom stereocenters. The highest BCUT2D eigenvalue weighted by molar-refractivity contribution is 6.05. The number of fused-ring (bicyclic) bond motifs is 1. The van der Waals surface area contributed by atoms with Crippen LogP contribution in [0.25, 0.3) is 11.0 Å². The van der Waals surface area contributed by atoms with E-state index < -0.39 is 23.0 Å². The Kier molecular flexibility index (Phi) is 4.54. The summed E-state index contributed by atoms with van der Waals surface area (Å²) in [6.07, 6.45) is 1.91. The first kappa shape index (κ1) is 18.1. The molecule has 2 N–H and O–H groups in total. The molecule has 1 fully saturated rings. The van der Waals surface area contributed by atoms with E-state index in [4.69, 9.17) is 0 Å². The second-order valence-electron chi connectivity index (χ2n) is 6.85. The summed E-state index contributed by atoms with van der Waals surface area (Å²) >= 11 is 0. The summed E-state index contributed by atoms with van der Waals surface area (Å²) in [4.78, 5) is 44.2. The SMILES string of the molecule is CCn1c(=O)[nH]c(=O)c2c(C(=O)NCc3ccccc3F)cc(C3CC3)nc21. The Morgan fingerprint density at radius 3 is 2.75 bits per heavy atom. The molecule has 1 aromatic carbocycles. The van der Waals surface area contributed by atoms with E-state index in [1.165, 1.54) is 10.6 Å². The first-order chi connectivity index (χ1) is 13.5. The lowest BCUT2D eigenvalue weighted by atomic mass is 10.1. The number of benzene rings is 1. The molecule has 1 saturated carbocycles. The zero-order chi connectivity index (χ0) is 19.8. The van der Waals surface area contributed by atoms with E-state index in [0.29, 0.717) is 17.8 Å². The maximum Gasteiger partial charge on any atom is 0.329 e. The smallest absolute Gasteiger partial charge is 0.329 e. The molecule has 0 bridgehead atoms. The Bertz CT molecular complexity index is 1190. The molecule has 4 rings (SSSR count). The van der Waals surface area contributed by atoms with Crippen LogP contribution in [-0.4, -0.2) is 20.4 Å². The summed E-state index contributed by atoms with van der Waals surface area (Å²) in [5.41, 5.74) is 0.170. The van der Waals surface area contributed by atoms with Crippen molar-refractivity contribution in [1.82, 2.24) is 19.9 Å². The number of aryl methyl sites for hydroxylation is 1. The minimum Gasteiger partial charge on any atom is -0.348 e. The molecule has 0 saturated heterocycles. The number of rotatable bonds is 5. The molecule has 144 valence electrons. The van der Waals surface area contributed by atoms with Crippen molar-refractivity contribution >= 4 is 16.9 Å². The summed E-state index contributed by atoms with van der Waals surface area (Å²) in [6.45, 7) is 2.06. The number of hydrogen-bond acceptors (Lipinski definition) is 4. The topological polar surface area (TPSA) is 96.9 Å². The van der Waals surface area contributed by atoms with Crippen molar-refractivity contribution in [3.05, 3.63) is 73.8 Å². The van der Waals surface area contributed by atoms with Gasteiger partial charge in [-0.15, -0.1) is 0 Å². The van der Waals surface area contributed by atoms with Crippen LogP contribution in [0.1, 0.15) is 47.3 Å². The van der Waals surface area contributed by atoms with Crippen molar-refractivity contribution in [3.63, 3.8) is 0 Å². The minimum atomic E-state index is -0.657. The zero-order valence-corrected chi connectivity index (χ0v) is 15.3. The molecule has 1 aliphatic rings. The third-order valence-electron chi connectivity index (χ3n) is 4.92. The highest BCUT2D eigenvalue weighted by atomic mass is 19.1. The average Bonchev–Trinajstić information content (AvgIpc) is 3.51. The Labute approximate surface area is 159 Å². The number of halogens is 1. The van der Waals surface area contributed by atoms with Gasteiger partial charge in [-0.05, 0) is 31.9 Å². The number of aromatic amines is 1. The zero-order valence-electron chi connectivity index (χ0n) is 15.3. The molecule has 3 aromatic rings. The van der Waals surface area contributed by atoms with E-state index in [0.717, 1.165) is 12.8 Å². The van der Waals surface area contributed by atoms with E-state index in [2.05, 4.69) is 15.3 Å². The second-order valence-corrected chi connectivity index (χ2v) is 6.85. The van der Waals surface area contributed by atoms with Crippen molar-refractivity contribution in [3.8, 4) is 0 Å². The van der Waals surface area contributed by atoms with Crippen LogP contribution in [0.4, 0.5) is 4.39 Å². The fraction of sp³-hybridized carbons (Fsp3) is 0.300. The van der Waals surface area contributed by atoms with Gasteiger partial charge in [0, 0.05) is 30.3 Å². The van der Waals surface area contributed by atoms with Gasteiger partial charge in [0.2, 0.25) is 0 Å². The highest BCUT2D eigenvalue weighted by Crippen LogP contribution is 2.39. The van der Waals surface area contributed by atoms with Crippen molar-refractivity contribution in [2.75, 3.05) is 0 Å². The second kappa shape index (κ2) is 7.03. The first-order valence-corrected chi connectivity index (χ1v) is 9.19. The molecule has 8 heteroatoms. The average molecular weight is 382 g/mol. The van der Waals surface area contributed by atoms with Gasteiger partial charge in [0.05, 0.1) is 10.9 Å². The van der Waals surface area contributed by atoms with E-state index in [1.54, 1.807) is 31.2 Å². The van der Waals surface area contributed by atoms with E-state index in [1.807, 2.05) is 0 Å². The lowest BCUT2D eigenvalue weighted by Gasteiger charge is -2.12. The standard InChI is InChI=1S/C20H19FN4O3/c1-2-25-17-16(19(27)24-20(25)28)13(9-15(23-17)11-7-8-11)18(26)22-10-12-5-3-4-6-14(12)21/h3-6,9,11H,2,7-8,10H2,1H3,(H,22,26)(H,24,27,28). The Morgan fingerprint density at radius 1 is 1.32 bits per heavy atom. The molecule has 1 amide bonds. The molecule has 2 heterocycles. The monoisotopic (exact) mass is 382 g/mol. The van der Waals surface area contributed by atoms with Crippen LogP contribution in [0.3, 0.4) is 0 Å². The summed E-state index contributed by atoms with van der Waals surface area (Å²) in [7, 11) is 0. The third-order valence-corrected chi connectivity index (χ3v) is 4.92. The maximum absolute atomic E-state index is 13.8. The van der Waals surface area contributed by atoms with E-state index in [9.17, 15) is 18.8 Å². The number of aromatic nitrogens is 3. The van der Waals surface area contributed by atoms with Crippen LogP contribution in [0, 0.1) is 5.82 Å². The number of H-pyrrole nitrogens is 1. The van der Waals surface area contributed by atoms with Gasteiger partial charge in [-0.3, -0.25) is 19.1 Å². The van der Waals surface area contributed by atoms with Gasteiger partial charge < -0.3 is 5.32 Å². The Hall–Kier alpha value is -3.29. The predicted octanol–water partition coefficient (Wildman–Crippen LogP) is 2.05. The van der Waals surface area contributed by atoms with Crippen molar-refractivity contribution < 1.29 is 9.18 Å². The van der Waals surface area contributed by atoms with Crippen LogP contribution in [0.15, 0.2) is 39.9 Å². The maximum atomic E-state index is 13.8. The van der Waals surface area contributed by atoms with Crippen molar-refractivity contribution in [2.24, 2.45) is 0 Å². The number of amides is 1.